The maximum atomic E-state index is 12.6. The van der Waals surface area contributed by atoms with Crippen LogP contribution in [0.1, 0.15) is 18.9 Å². The molecule has 0 spiro atoms. The van der Waals surface area contributed by atoms with Crippen LogP contribution >= 0.6 is 22.6 Å². The molecule has 0 fully saturated rings. The van der Waals surface area contributed by atoms with Crippen molar-refractivity contribution in [3.05, 3.63) is 69.9 Å². The molecule has 8 heteroatoms. The molecule has 0 radical (unpaired) electrons. The van der Waals surface area contributed by atoms with E-state index < -0.39 is 6.67 Å². The number of carbonyl (C=O) groups excluding carboxylic acids is 1. The number of methoxy groups -OCH3 is 1. The number of halogens is 2. The molecular formula is C24H24FIN2O4. The van der Waals surface area contributed by atoms with Gasteiger partial charge in [0.1, 0.15) is 22.9 Å². The Morgan fingerprint density at radius 1 is 1.12 bits per heavy atom. The molecule has 0 aliphatic heterocycles. The number of aromatic nitrogens is 1. The Hall–Kier alpha value is -2.88. The number of amides is 1. The third-order valence-corrected chi connectivity index (χ3v) is 5.30. The highest BCUT2D eigenvalue weighted by Gasteiger charge is 2.20. The van der Waals surface area contributed by atoms with E-state index in [0.29, 0.717) is 35.2 Å². The van der Waals surface area contributed by atoms with Crippen LogP contribution in [0.5, 0.6) is 23.1 Å². The van der Waals surface area contributed by atoms with Gasteiger partial charge in [0.25, 0.3) is 0 Å². The summed E-state index contributed by atoms with van der Waals surface area (Å²) in [5.74, 6) is 1.93. The van der Waals surface area contributed by atoms with Crippen molar-refractivity contribution < 1.29 is 23.4 Å². The van der Waals surface area contributed by atoms with Gasteiger partial charge in [0.15, 0.2) is 0 Å². The highest BCUT2D eigenvalue weighted by Crippen LogP contribution is 2.33. The van der Waals surface area contributed by atoms with Crippen LogP contribution in [0.2, 0.25) is 0 Å². The number of nitrogens with zero attached hydrogens (tertiary/aromatic N) is 2. The molecule has 1 aromatic heterocycles. The van der Waals surface area contributed by atoms with Crippen LogP contribution in [-0.2, 0) is 11.3 Å². The Balaban J connectivity index is 1.93. The van der Waals surface area contributed by atoms with Crippen molar-refractivity contribution in [2.75, 3.05) is 25.3 Å². The number of hydrogen-bond donors (Lipinski definition) is 0. The van der Waals surface area contributed by atoms with Crippen molar-refractivity contribution in [2.45, 2.75) is 19.9 Å². The lowest BCUT2D eigenvalue weighted by atomic mass is 10.1. The molecule has 0 N–H and O–H groups in total. The fourth-order valence-corrected chi connectivity index (χ4v) is 3.36. The average Bonchev–Trinajstić information content (AvgIpc) is 2.80. The van der Waals surface area contributed by atoms with E-state index in [0.717, 1.165) is 9.13 Å². The van der Waals surface area contributed by atoms with Crippen molar-refractivity contribution in [2.24, 2.45) is 0 Å². The van der Waals surface area contributed by atoms with Crippen molar-refractivity contribution in [1.82, 2.24) is 4.98 Å². The molecule has 3 rings (SSSR count). The third-order valence-electron chi connectivity index (χ3n) is 4.58. The maximum Gasteiger partial charge on any atom is 0.243 e. The fraction of sp³-hybridized carbons (Fsp3) is 0.250. The first-order valence-corrected chi connectivity index (χ1v) is 11.1. The number of rotatable bonds is 10. The number of carbonyl (C=O) groups is 1. The summed E-state index contributed by atoms with van der Waals surface area (Å²) in [5, 5.41) is 0. The standard InChI is InChI=1S/C24H24FIN2O4/c1-17(29)28(16-18-15-21(30-2)10-11-23(18)31-14-4-12-25)22-5-3-13-27-24(22)32-20-8-6-19(26)7-9-20/h3,5-11,13,15H,4,12,14,16H2,1-2H3. The molecule has 3 aromatic rings. The SMILES string of the molecule is COc1ccc(OCCCF)c(CN(C(C)=O)c2cccnc2Oc2ccc(I)cc2)c1. The smallest absolute Gasteiger partial charge is 0.243 e. The zero-order valence-electron chi connectivity index (χ0n) is 17.9. The lowest BCUT2D eigenvalue weighted by molar-refractivity contribution is -0.116. The second-order valence-corrected chi connectivity index (χ2v) is 8.10. The van der Waals surface area contributed by atoms with Crippen LogP contribution in [0.15, 0.2) is 60.8 Å². The first-order chi connectivity index (χ1) is 15.5. The first-order valence-electron chi connectivity index (χ1n) is 10.0. The summed E-state index contributed by atoms with van der Waals surface area (Å²) in [6.07, 6.45) is 1.90. The Morgan fingerprint density at radius 2 is 1.88 bits per heavy atom. The summed E-state index contributed by atoms with van der Waals surface area (Å²) in [4.78, 5) is 18.5. The number of pyridine rings is 1. The van der Waals surface area contributed by atoms with Gasteiger partial charge in [-0.25, -0.2) is 4.98 Å². The molecule has 0 bridgehead atoms. The van der Waals surface area contributed by atoms with Gasteiger partial charge in [0, 0.05) is 28.7 Å². The zero-order valence-corrected chi connectivity index (χ0v) is 20.0. The average molecular weight is 550 g/mol. The maximum absolute atomic E-state index is 12.6. The molecule has 1 amide bonds. The fourth-order valence-electron chi connectivity index (χ4n) is 3.00. The van der Waals surface area contributed by atoms with Crippen LogP contribution in [-0.4, -0.2) is 31.3 Å². The third kappa shape index (κ3) is 6.32. The van der Waals surface area contributed by atoms with E-state index in [-0.39, 0.29) is 19.1 Å². The number of benzene rings is 2. The van der Waals surface area contributed by atoms with Gasteiger partial charge in [0.05, 0.1) is 26.9 Å². The molecular weight excluding hydrogens is 526 g/mol. The van der Waals surface area contributed by atoms with Gasteiger partial charge in [-0.15, -0.1) is 0 Å². The van der Waals surface area contributed by atoms with Crippen molar-refractivity contribution in [3.63, 3.8) is 0 Å². The van der Waals surface area contributed by atoms with Crippen molar-refractivity contribution in [3.8, 4) is 23.1 Å². The molecule has 168 valence electrons. The predicted molar refractivity (Wildman–Crippen MR) is 129 cm³/mol. The van der Waals surface area contributed by atoms with Gasteiger partial charge < -0.3 is 19.1 Å². The second-order valence-electron chi connectivity index (χ2n) is 6.85. The lowest BCUT2D eigenvalue weighted by Gasteiger charge is -2.24. The molecule has 0 saturated heterocycles. The Morgan fingerprint density at radius 3 is 2.56 bits per heavy atom. The number of hydrogen-bond acceptors (Lipinski definition) is 5. The number of anilines is 1. The normalized spacial score (nSPS) is 10.5. The van der Waals surface area contributed by atoms with E-state index in [4.69, 9.17) is 14.2 Å². The second kappa shape index (κ2) is 11.7. The van der Waals surface area contributed by atoms with E-state index in [1.54, 1.807) is 48.5 Å². The molecule has 0 unspecified atom stereocenters. The molecule has 0 aliphatic rings. The summed E-state index contributed by atoms with van der Waals surface area (Å²) < 4.78 is 30.7. The van der Waals surface area contributed by atoms with Crippen LogP contribution < -0.4 is 19.1 Å². The van der Waals surface area contributed by atoms with Crippen LogP contribution in [0.3, 0.4) is 0 Å². The van der Waals surface area contributed by atoms with Crippen LogP contribution in [0.4, 0.5) is 10.1 Å². The summed E-state index contributed by atoms with van der Waals surface area (Å²) in [7, 11) is 1.57. The Kier molecular flexibility index (Phi) is 8.66. The number of ether oxygens (including phenoxy) is 3. The largest absolute Gasteiger partial charge is 0.497 e. The number of alkyl halides is 1. The van der Waals surface area contributed by atoms with Gasteiger partial charge in [-0.3, -0.25) is 9.18 Å². The Bertz CT molecular complexity index is 1050. The molecule has 0 saturated carbocycles. The van der Waals surface area contributed by atoms with E-state index in [1.165, 1.54) is 6.92 Å². The van der Waals surface area contributed by atoms with Gasteiger partial charge in [-0.05, 0) is 77.2 Å². The molecule has 1 heterocycles. The van der Waals surface area contributed by atoms with E-state index in [2.05, 4.69) is 27.6 Å². The van der Waals surface area contributed by atoms with Crippen molar-refractivity contribution in [1.29, 1.82) is 0 Å². The van der Waals surface area contributed by atoms with Gasteiger partial charge in [-0.1, -0.05) is 0 Å². The predicted octanol–water partition coefficient (Wildman–Crippen LogP) is 5.78. The topological polar surface area (TPSA) is 60.9 Å². The van der Waals surface area contributed by atoms with E-state index in [1.807, 2.05) is 24.3 Å². The van der Waals surface area contributed by atoms with Gasteiger partial charge >= 0.3 is 0 Å². The summed E-state index contributed by atoms with van der Waals surface area (Å²) >= 11 is 2.22. The summed E-state index contributed by atoms with van der Waals surface area (Å²) in [6, 6.07) is 16.4. The minimum atomic E-state index is -0.458. The molecule has 0 aliphatic carbocycles. The summed E-state index contributed by atoms with van der Waals surface area (Å²) in [5.41, 5.74) is 1.25. The molecule has 0 atom stereocenters. The summed E-state index contributed by atoms with van der Waals surface area (Å²) in [6.45, 7) is 1.46. The first kappa shape index (κ1) is 23.8. The molecule has 6 nitrogen and oxygen atoms in total. The van der Waals surface area contributed by atoms with E-state index in [9.17, 15) is 9.18 Å². The monoisotopic (exact) mass is 550 g/mol. The minimum absolute atomic E-state index is 0.192. The molecule has 32 heavy (non-hydrogen) atoms. The molecule has 2 aromatic carbocycles. The highest BCUT2D eigenvalue weighted by molar-refractivity contribution is 14.1. The van der Waals surface area contributed by atoms with E-state index >= 15 is 0 Å². The zero-order chi connectivity index (χ0) is 22.9. The minimum Gasteiger partial charge on any atom is -0.497 e. The highest BCUT2D eigenvalue weighted by atomic mass is 127. The Labute approximate surface area is 200 Å². The van der Waals surface area contributed by atoms with Gasteiger partial charge in [-0.2, -0.15) is 0 Å². The van der Waals surface area contributed by atoms with Crippen LogP contribution in [0, 0.1) is 3.57 Å². The van der Waals surface area contributed by atoms with Crippen LogP contribution in [0.25, 0.3) is 0 Å². The van der Waals surface area contributed by atoms with Crippen molar-refractivity contribution >= 4 is 34.2 Å². The quantitative estimate of drug-likeness (QED) is 0.237. The lowest BCUT2D eigenvalue weighted by Crippen LogP contribution is -2.28. The van der Waals surface area contributed by atoms with Gasteiger partial charge in [0.2, 0.25) is 11.8 Å².